The van der Waals surface area contributed by atoms with Crippen LogP contribution in [0, 0.1) is 11.3 Å². The summed E-state index contributed by atoms with van der Waals surface area (Å²) < 4.78 is 10.5. The SMILES string of the molecule is CN(Cc1ccc2c(c1)OCO2)C(=O)CCC#N. The summed E-state index contributed by atoms with van der Waals surface area (Å²) in [6.07, 6.45) is 0.516. The van der Waals surface area contributed by atoms with E-state index in [0.29, 0.717) is 12.3 Å². The molecular weight excluding hydrogens is 232 g/mol. The number of nitrogens with zero attached hydrogens (tertiary/aromatic N) is 2. The first-order valence-electron chi connectivity index (χ1n) is 5.70. The van der Waals surface area contributed by atoms with Gasteiger partial charge in [0.25, 0.3) is 0 Å². The molecule has 18 heavy (non-hydrogen) atoms. The summed E-state index contributed by atoms with van der Waals surface area (Å²) in [5.41, 5.74) is 0.979. The lowest BCUT2D eigenvalue weighted by Gasteiger charge is -2.16. The number of ether oxygens (including phenoxy) is 2. The van der Waals surface area contributed by atoms with Crippen LogP contribution in [-0.4, -0.2) is 24.6 Å². The number of hydrogen-bond acceptors (Lipinski definition) is 4. The van der Waals surface area contributed by atoms with E-state index >= 15 is 0 Å². The zero-order chi connectivity index (χ0) is 13.0. The highest BCUT2D eigenvalue weighted by atomic mass is 16.7. The van der Waals surface area contributed by atoms with Crippen LogP contribution >= 0.6 is 0 Å². The van der Waals surface area contributed by atoms with E-state index in [2.05, 4.69) is 0 Å². The van der Waals surface area contributed by atoms with Crippen LogP contribution in [0.1, 0.15) is 18.4 Å². The molecule has 1 aromatic carbocycles. The molecule has 0 aromatic heterocycles. The van der Waals surface area contributed by atoms with Crippen molar-refractivity contribution in [1.82, 2.24) is 4.90 Å². The molecule has 94 valence electrons. The van der Waals surface area contributed by atoms with Crippen LogP contribution < -0.4 is 9.47 Å². The van der Waals surface area contributed by atoms with Gasteiger partial charge in [-0.15, -0.1) is 0 Å². The van der Waals surface area contributed by atoms with Crippen molar-refractivity contribution in [2.24, 2.45) is 0 Å². The van der Waals surface area contributed by atoms with Crippen molar-refractivity contribution in [3.05, 3.63) is 23.8 Å². The van der Waals surface area contributed by atoms with Crippen molar-refractivity contribution in [2.75, 3.05) is 13.8 Å². The molecule has 0 aliphatic carbocycles. The van der Waals surface area contributed by atoms with Gasteiger partial charge >= 0.3 is 0 Å². The maximum absolute atomic E-state index is 11.7. The van der Waals surface area contributed by atoms with Crippen LogP contribution in [0.2, 0.25) is 0 Å². The molecule has 1 aliphatic rings. The van der Waals surface area contributed by atoms with Crippen LogP contribution in [0.15, 0.2) is 18.2 Å². The van der Waals surface area contributed by atoms with Crippen LogP contribution in [0.5, 0.6) is 11.5 Å². The molecule has 1 amide bonds. The zero-order valence-corrected chi connectivity index (χ0v) is 10.2. The minimum Gasteiger partial charge on any atom is -0.454 e. The Morgan fingerprint density at radius 2 is 2.22 bits per heavy atom. The van der Waals surface area contributed by atoms with E-state index in [1.807, 2.05) is 24.3 Å². The lowest BCUT2D eigenvalue weighted by atomic mass is 10.2. The molecule has 2 rings (SSSR count). The van der Waals surface area contributed by atoms with Crippen molar-refractivity contribution in [2.45, 2.75) is 19.4 Å². The molecule has 0 saturated carbocycles. The van der Waals surface area contributed by atoms with Crippen molar-refractivity contribution < 1.29 is 14.3 Å². The maximum atomic E-state index is 11.7. The van der Waals surface area contributed by atoms with E-state index in [4.69, 9.17) is 14.7 Å². The molecule has 0 fully saturated rings. The highest BCUT2D eigenvalue weighted by molar-refractivity contribution is 5.76. The minimum atomic E-state index is -0.0331. The number of nitriles is 1. The average Bonchev–Trinajstić information content (AvgIpc) is 2.83. The van der Waals surface area contributed by atoms with Gasteiger partial charge in [0.2, 0.25) is 12.7 Å². The molecule has 1 aromatic rings. The van der Waals surface area contributed by atoms with E-state index in [9.17, 15) is 4.79 Å². The Hall–Kier alpha value is -2.22. The molecule has 0 atom stereocenters. The van der Waals surface area contributed by atoms with Gasteiger partial charge in [0, 0.05) is 26.4 Å². The van der Waals surface area contributed by atoms with Crippen LogP contribution in [0.3, 0.4) is 0 Å². The van der Waals surface area contributed by atoms with Gasteiger partial charge < -0.3 is 14.4 Å². The fourth-order valence-corrected chi connectivity index (χ4v) is 1.76. The summed E-state index contributed by atoms with van der Waals surface area (Å²) in [5, 5.41) is 8.44. The third-order valence-electron chi connectivity index (χ3n) is 2.73. The second-order valence-corrected chi connectivity index (χ2v) is 4.10. The van der Waals surface area contributed by atoms with Gasteiger partial charge in [-0.1, -0.05) is 6.07 Å². The molecule has 0 bridgehead atoms. The predicted molar refractivity (Wildman–Crippen MR) is 63.9 cm³/mol. The molecule has 0 radical (unpaired) electrons. The topological polar surface area (TPSA) is 62.6 Å². The molecule has 1 aliphatic heterocycles. The number of carbonyl (C=O) groups excluding carboxylic acids is 1. The fourth-order valence-electron chi connectivity index (χ4n) is 1.76. The van der Waals surface area contributed by atoms with Crippen LogP contribution in [0.4, 0.5) is 0 Å². The Bertz CT molecular complexity index is 493. The molecule has 0 N–H and O–H groups in total. The van der Waals surface area contributed by atoms with E-state index < -0.39 is 0 Å². The van der Waals surface area contributed by atoms with Crippen molar-refractivity contribution in [1.29, 1.82) is 5.26 Å². The summed E-state index contributed by atoms with van der Waals surface area (Å²) in [5.74, 6) is 1.41. The van der Waals surface area contributed by atoms with E-state index in [1.54, 1.807) is 11.9 Å². The third kappa shape index (κ3) is 2.72. The number of benzene rings is 1. The number of fused-ring (bicyclic) bond motifs is 1. The molecule has 0 spiro atoms. The minimum absolute atomic E-state index is 0.0331. The summed E-state index contributed by atoms with van der Waals surface area (Å²) >= 11 is 0. The van der Waals surface area contributed by atoms with Crippen molar-refractivity contribution >= 4 is 5.91 Å². The number of carbonyl (C=O) groups is 1. The third-order valence-corrected chi connectivity index (χ3v) is 2.73. The summed E-state index contributed by atoms with van der Waals surface area (Å²) in [6.45, 7) is 0.747. The van der Waals surface area contributed by atoms with Gasteiger partial charge in [0.05, 0.1) is 6.07 Å². The second-order valence-electron chi connectivity index (χ2n) is 4.10. The molecular formula is C13H14N2O3. The van der Waals surface area contributed by atoms with Gasteiger partial charge in [-0.05, 0) is 17.7 Å². The van der Waals surface area contributed by atoms with E-state index in [-0.39, 0.29) is 25.5 Å². The first kappa shape index (κ1) is 12.2. The van der Waals surface area contributed by atoms with Gasteiger partial charge in [0.15, 0.2) is 11.5 Å². The van der Waals surface area contributed by atoms with Gasteiger partial charge in [0.1, 0.15) is 0 Å². The van der Waals surface area contributed by atoms with E-state index in [0.717, 1.165) is 11.3 Å². The molecule has 5 heteroatoms. The Morgan fingerprint density at radius 1 is 1.44 bits per heavy atom. The predicted octanol–water partition coefficient (Wildman–Crippen LogP) is 1.68. The first-order valence-corrected chi connectivity index (χ1v) is 5.70. The van der Waals surface area contributed by atoms with Gasteiger partial charge in [-0.3, -0.25) is 4.79 Å². The van der Waals surface area contributed by atoms with Gasteiger partial charge in [-0.2, -0.15) is 5.26 Å². The Balaban J connectivity index is 1.97. The summed E-state index contributed by atoms with van der Waals surface area (Å²) in [4.78, 5) is 13.3. The van der Waals surface area contributed by atoms with Crippen molar-refractivity contribution in [3.63, 3.8) is 0 Å². The zero-order valence-electron chi connectivity index (χ0n) is 10.2. The molecule has 0 saturated heterocycles. The molecule has 1 heterocycles. The molecule has 0 unspecified atom stereocenters. The average molecular weight is 246 g/mol. The highest BCUT2D eigenvalue weighted by Crippen LogP contribution is 2.32. The monoisotopic (exact) mass is 246 g/mol. The Morgan fingerprint density at radius 3 is 3.00 bits per heavy atom. The van der Waals surface area contributed by atoms with Crippen LogP contribution in [-0.2, 0) is 11.3 Å². The summed E-state index contributed by atoms with van der Waals surface area (Å²) in [6, 6.07) is 7.58. The Labute approximate surface area is 106 Å². The summed E-state index contributed by atoms with van der Waals surface area (Å²) in [7, 11) is 1.73. The van der Waals surface area contributed by atoms with E-state index in [1.165, 1.54) is 0 Å². The number of amides is 1. The van der Waals surface area contributed by atoms with Crippen molar-refractivity contribution in [3.8, 4) is 17.6 Å². The van der Waals surface area contributed by atoms with Gasteiger partial charge in [-0.25, -0.2) is 0 Å². The maximum Gasteiger partial charge on any atom is 0.231 e. The first-order chi connectivity index (χ1) is 8.70. The normalized spacial score (nSPS) is 12.0. The fraction of sp³-hybridized carbons (Fsp3) is 0.385. The lowest BCUT2D eigenvalue weighted by molar-refractivity contribution is -0.130. The smallest absolute Gasteiger partial charge is 0.231 e. The Kier molecular flexibility index (Phi) is 3.68. The lowest BCUT2D eigenvalue weighted by Crippen LogP contribution is -2.25. The molecule has 5 nitrogen and oxygen atoms in total. The largest absolute Gasteiger partial charge is 0.454 e. The number of hydrogen-bond donors (Lipinski definition) is 0. The standard InChI is InChI=1S/C13H14N2O3/c1-15(13(16)3-2-6-14)8-10-4-5-11-12(7-10)18-9-17-11/h4-5,7H,2-3,8-9H2,1H3. The highest BCUT2D eigenvalue weighted by Gasteiger charge is 2.15. The number of rotatable bonds is 4. The van der Waals surface area contributed by atoms with Crippen LogP contribution in [0.25, 0.3) is 0 Å². The second kappa shape index (κ2) is 5.41. The quantitative estimate of drug-likeness (QED) is 0.810.